The molecule has 0 spiro atoms. The molecule has 0 saturated carbocycles. The van der Waals surface area contributed by atoms with Crippen LogP contribution in [0.4, 0.5) is 5.69 Å². The van der Waals surface area contributed by atoms with Crippen molar-refractivity contribution in [3.05, 3.63) is 54.6 Å². The minimum atomic E-state index is 0.0296. The predicted molar refractivity (Wildman–Crippen MR) is 92.9 cm³/mol. The van der Waals surface area contributed by atoms with Crippen molar-refractivity contribution < 1.29 is 4.79 Å². The zero-order valence-corrected chi connectivity index (χ0v) is 13.4. The molecular formula is C19H24N2O. The van der Waals surface area contributed by atoms with Gasteiger partial charge in [-0.1, -0.05) is 61.9 Å². The molecule has 2 aromatic rings. The van der Waals surface area contributed by atoms with E-state index in [2.05, 4.69) is 29.3 Å². The van der Waals surface area contributed by atoms with Gasteiger partial charge in [-0.15, -0.1) is 0 Å². The third-order valence-corrected chi connectivity index (χ3v) is 3.59. The second-order valence-corrected chi connectivity index (χ2v) is 5.55. The number of unbranched alkanes of at least 4 members (excludes halogenated alkanes) is 1. The normalized spacial score (nSPS) is 10.7. The van der Waals surface area contributed by atoms with Crippen molar-refractivity contribution in [2.75, 3.05) is 25.5 Å². The van der Waals surface area contributed by atoms with Crippen LogP contribution in [0.15, 0.2) is 54.6 Å². The van der Waals surface area contributed by atoms with Crippen LogP contribution in [0.25, 0.3) is 11.1 Å². The summed E-state index contributed by atoms with van der Waals surface area (Å²) in [5.74, 6) is 0.0296. The number of anilines is 1. The molecule has 0 aliphatic carbocycles. The number of para-hydroxylation sites is 1. The summed E-state index contributed by atoms with van der Waals surface area (Å²) in [6.45, 7) is 3.53. The molecule has 0 aromatic heterocycles. The van der Waals surface area contributed by atoms with Crippen LogP contribution < -0.4 is 5.32 Å². The lowest BCUT2D eigenvalue weighted by Crippen LogP contribution is -2.31. The van der Waals surface area contributed by atoms with Gasteiger partial charge in [0.25, 0.3) is 0 Å². The maximum Gasteiger partial charge on any atom is 0.238 e. The highest BCUT2D eigenvalue weighted by molar-refractivity contribution is 5.96. The molecule has 0 heterocycles. The molecule has 22 heavy (non-hydrogen) atoms. The van der Waals surface area contributed by atoms with Crippen LogP contribution in [-0.4, -0.2) is 30.9 Å². The zero-order valence-electron chi connectivity index (χ0n) is 13.4. The van der Waals surface area contributed by atoms with Crippen LogP contribution >= 0.6 is 0 Å². The van der Waals surface area contributed by atoms with Crippen molar-refractivity contribution in [3.63, 3.8) is 0 Å². The maximum absolute atomic E-state index is 12.2. The fourth-order valence-electron chi connectivity index (χ4n) is 2.40. The second-order valence-electron chi connectivity index (χ2n) is 5.55. The first-order valence-electron chi connectivity index (χ1n) is 7.83. The van der Waals surface area contributed by atoms with E-state index < -0.39 is 0 Å². The Morgan fingerprint density at radius 1 is 1.05 bits per heavy atom. The largest absolute Gasteiger partial charge is 0.324 e. The lowest BCUT2D eigenvalue weighted by Gasteiger charge is -2.17. The van der Waals surface area contributed by atoms with Crippen molar-refractivity contribution >= 4 is 11.6 Å². The van der Waals surface area contributed by atoms with E-state index >= 15 is 0 Å². The van der Waals surface area contributed by atoms with Gasteiger partial charge in [0, 0.05) is 11.3 Å². The van der Waals surface area contributed by atoms with Crippen molar-refractivity contribution in [2.45, 2.75) is 19.8 Å². The molecule has 0 fully saturated rings. The van der Waals surface area contributed by atoms with Gasteiger partial charge >= 0.3 is 0 Å². The summed E-state index contributed by atoms with van der Waals surface area (Å²) in [6, 6.07) is 18.0. The second kappa shape index (κ2) is 8.35. The van der Waals surface area contributed by atoms with Crippen LogP contribution in [0, 0.1) is 0 Å². The monoisotopic (exact) mass is 296 g/mol. The number of amides is 1. The van der Waals surface area contributed by atoms with Crippen LogP contribution in [-0.2, 0) is 4.79 Å². The van der Waals surface area contributed by atoms with Gasteiger partial charge in [-0.2, -0.15) is 0 Å². The summed E-state index contributed by atoms with van der Waals surface area (Å²) < 4.78 is 0. The quantitative estimate of drug-likeness (QED) is 0.837. The van der Waals surface area contributed by atoms with E-state index in [1.54, 1.807) is 0 Å². The van der Waals surface area contributed by atoms with E-state index in [1.807, 2.05) is 49.5 Å². The van der Waals surface area contributed by atoms with Crippen LogP contribution in [0.2, 0.25) is 0 Å². The molecule has 0 unspecified atom stereocenters. The van der Waals surface area contributed by atoms with Gasteiger partial charge in [0.15, 0.2) is 0 Å². The fraction of sp³-hybridized carbons (Fsp3) is 0.316. The van der Waals surface area contributed by atoms with Gasteiger partial charge in [-0.3, -0.25) is 9.69 Å². The highest BCUT2D eigenvalue weighted by Crippen LogP contribution is 2.27. The maximum atomic E-state index is 12.2. The molecule has 1 amide bonds. The van der Waals surface area contributed by atoms with Gasteiger partial charge in [-0.25, -0.2) is 0 Å². The van der Waals surface area contributed by atoms with E-state index in [1.165, 1.54) is 0 Å². The molecule has 0 saturated heterocycles. The molecule has 0 aliphatic rings. The van der Waals surface area contributed by atoms with Gasteiger partial charge in [0.2, 0.25) is 5.91 Å². The fourth-order valence-corrected chi connectivity index (χ4v) is 2.40. The predicted octanol–water partition coefficient (Wildman–Crippen LogP) is 4.02. The molecule has 3 heteroatoms. The average Bonchev–Trinajstić information content (AvgIpc) is 2.54. The van der Waals surface area contributed by atoms with Crippen LogP contribution in [0.1, 0.15) is 19.8 Å². The van der Waals surface area contributed by atoms with E-state index in [9.17, 15) is 4.79 Å². The number of carbonyl (C=O) groups is 1. The summed E-state index contributed by atoms with van der Waals surface area (Å²) >= 11 is 0. The Morgan fingerprint density at radius 3 is 2.45 bits per heavy atom. The molecule has 2 aromatic carbocycles. The Bertz CT molecular complexity index is 595. The number of hydrogen-bond donors (Lipinski definition) is 1. The van der Waals surface area contributed by atoms with Crippen molar-refractivity contribution in [2.24, 2.45) is 0 Å². The van der Waals surface area contributed by atoms with Crippen molar-refractivity contribution in [1.29, 1.82) is 0 Å². The topological polar surface area (TPSA) is 32.3 Å². The highest BCUT2D eigenvalue weighted by atomic mass is 16.2. The molecule has 0 atom stereocenters. The van der Waals surface area contributed by atoms with Gasteiger partial charge in [0.05, 0.1) is 6.54 Å². The van der Waals surface area contributed by atoms with E-state index in [4.69, 9.17) is 0 Å². The first-order chi connectivity index (χ1) is 10.7. The van der Waals surface area contributed by atoms with Gasteiger partial charge in [-0.05, 0) is 31.6 Å². The third-order valence-electron chi connectivity index (χ3n) is 3.59. The standard InChI is InChI=1S/C19H24N2O/c1-3-4-14-21(2)15-19(22)20-18-13-9-8-12-17(18)16-10-6-5-7-11-16/h5-13H,3-4,14-15H2,1-2H3,(H,20,22). The number of hydrogen-bond acceptors (Lipinski definition) is 2. The molecule has 0 bridgehead atoms. The summed E-state index contributed by atoms with van der Waals surface area (Å²) in [4.78, 5) is 14.3. The Balaban J connectivity index is 2.06. The van der Waals surface area contributed by atoms with Crippen molar-refractivity contribution in [3.8, 4) is 11.1 Å². The molecule has 0 aliphatic heterocycles. The summed E-state index contributed by atoms with van der Waals surface area (Å²) in [6.07, 6.45) is 2.26. The number of nitrogens with zero attached hydrogens (tertiary/aromatic N) is 1. The Kier molecular flexibility index (Phi) is 6.16. The van der Waals surface area contributed by atoms with E-state index in [-0.39, 0.29) is 5.91 Å². The lowest BCUT2D eigenvalue weighted by molar-refractivity contribution is -0.117. The summed E-state index contributed by atoms with van der Waals surface area (Å²) in [7, 11) is 1.98. The first-order valence-corrected chi connectivity index (χ1v) is 7.83. The Morgan fingerprint density at radius 2 is 1.73 bits per heavy atom. The zero-order chi connectivity index (χ0) is 15.8. The van der Waals surface area contributed by atoms with Gasteiger partial charge < -0.3 is 5.32 Å². The molecule has 2 rings (SSSR count). The number of nitrogens with one attached hydrogen (secondary N) is 1. The first kappa shape index (κ1) is 16.2. The van der Waals surface area contributed by atoms with Crippen LogP contribution in [0.5, 0.6) is 0 Å². The van der Waals surface area contributed by atoms with Gasteiger partial charge in [0.1, 0.15) is 0 Å². The molecular weight excluding hydrogens is 272 g/mol. The third kappa shape index (κ3) is 4.71. The average molecular weight is 296 g/mol. The van der Waals surface area contributed by atoms with Crippen LogP contribution in [0.3, 0.4) is 0 Å². The number of carbonyl (C=O) groups excluding carboxylic acids is 1. The smallest absolute Gasteiger partial charge is 0.238 e. The minimum absolute atomic E-state index is 0.0296. The minimum Gasteiger partial charge on any atom is -0.324 e. The van der Waals surface area contributed by atoms with E-state index in [0.717, 1.165) is 36.2 Å². The molecule has 116 valence electrons. The highest BCUT2D eigenvalue weighted by Gasteiger charge is 2.10. The summed E-state index contributed by atoms with van der Waals surface area (Å²) in [5, 5.41) is 3.04. The number of likely N-dealkylation sites (N-methyl/N-ethyl adjacent to an activating group) is 1. The SMILES string of the molecule is CCCCN(C)CC(=O)Nc1ccccc1-c1ccccc1. The molecule has 0 radical (unpaired) electrons. The Labute approximate surface area is 133 Å². The molecule has 1 N–H and O–H groups in total. The van der Waals surface area contributed by atoms with E-state index in [0.29, 0.717) is 6.54 Å². The van der Waals surface area contributed by atoms with Crippen molar-refractivity contribution in [1.82, 2.24) is 4.90 Å². The molecule has 3 nitrogen and oxygen atoms in total. The number of benzene rings is 2. The summed E-state index contributed by atoms with van der Waals surface area (Å²) in [5.41, 5.74) is 3.02. The Hall–Kier alpha value is -2.13. The number of rotatable bonds is 7. The lowest BCUT2D eigenvalue weighted by atomic mass is 10.0.